The SMILES string of the molecule is O=[C-]c1cc2sccn2c1.[Y]. The maximum atomic E-state index is 10.1. The van der Waals surface area contributed by atoms with Gasteiger partial charge in [0.15, 0.2) is 0 Å². The molecule has 2 aromatic rings. The number of hydrogen-bond acceptors (Lipinski definition) is 2. The van der Waals surface area contributed by atoms with E-state index < -0.39 is 0 Å². The molecule has 2 heterocycles. The summed E-state index contributed by atoms with van der Waals surface area (Å²) in [5, 5.41) is 1.98. The van der Waals surface area contributed by atoms with E-state index in [0.29, 0.717) is 5.56 Å². The molecular formula is C7H4NOSY-. The van der Waals surface area contributed by atoms with E-state index in [1.54, 1.807) is 17.5 Å². The molecule has 0 atom stereocenters. The van der Waals surface area contributed by atoms with Crippen LogP contribution in [-0.2, 0) is 37.5 Å². The quantitative estimate of drug-likeness (QED) is 0.690. The largest absolute Gasteiger partial charge is 0.379 e. The van der Waals surface area contributed by atoms with Crippen LogP contribution in [0.3, 0.4) is 0 Å². The van der Waals surface area contributed by atoms with Crippen molar-refractivity contribution in [1.29, 1.82) is 0 Å². The van der Waals surface area contributed by atoms with Crippen molar-refractivity contribution in [2.75, 3.05) is 0 Å². The molecule has 2 rings (SSSR count). The maximum absolute atomic E-state index is 10.1. The first-order chi connectivity index (χ1) is 4.90. The van der Waals surface area contributed by atoms with Crippen LogP contribution < -0.4 is 0 Å². The van der Waals surface area contributed by atoms with E-state index in [2.05, 4.69) is 0 Å². The Morgan fingerprint density at radius 1 is 1.55 bits per heavy atom. The van der Waals surface area contributed by atoms with Crippen LogP contribution in [0.25, 0.3) is 4.83 Å². The molecule has 0 aromatic carbocycles. The van der Waals surface area contributed by atoms with Gasteiger partial charge < -0.3 is 9.20 Å². The fraction of sp³-hybridized carbons (Fsp3) is 0. The Labute approximate surface area is 93.1 Å². The van der Waals surface area contributed by atoms with Crippen LogP contribution in [0.1, 0.15) is 5.56 Å². The first-order valence-corrected chi connectivity index (χ1v) is 3.71. The number of hydrogen-bond donors (Lipinski definition) is 0. The smallest absolute Gasteiger partial charge is 0.0642 e. The standard InChI is InChI=1S/C7H4NOS.Y/c9-5-6-3-7-8(4-6)1-2-10-7;/h1-4H;/q-1;. The van der Waals surface area contributed by atoms with Crippen LogP contribution in [0.2, 0.25) is 0 Å². The van der Waals surface area contributed by atoms with Gasteiger partial charge in [0.05, 0.1) is 6.29 Å². The molecule has 0 saturated heterocycles. The third kappa shape index (κ3) is 1.61. The van der Waals surface area contributed by atoms with Crippen molar-refractivity contribution in [3.63, 3.8) is 0 Å². The molecule has 53 valence electrons. The van der Waals surface area contributed by atoms with Gasteiger partial charge in [0.1, 0.15) is 0 Å². The molecule has 0 aliphatic carbocycles. The molecule has 1 radical (unpaired) electrons. The summed E-state index contributed by atoms with van der Waals surface area (Å²) in [6.45, 7) is 0. The minimum absolute atomic E-state index is 0. The summed E-state index contributed by atoms with van der Waals surface area (Å²) in [5.41, 5.74) is 0.617. The van der Waals surface area contributed by atoms with Gasteiger partial charge in [-0.1, -0.05) is 6.20 Å². The summed E-state index contributed by atoms with van der Waals surface area (Å²) in [6.07, 6.45) is 5.52. The Morgan fingerprint density at radius 2 is 2.36 bits per heavy atom. The summed E-state index contributed by atoms with van der Waals surface area (Å²) in [6, 6.07) is 1.82. The van der Waals surface area contributed by atoms with Gasteiger partial charge in [-0.25, -0.2) is 0 Å². The third-order valence-electron chi connectivity index (χ3n) is 1.34. The van der Waals surface area contributed by atoms with Crippen LogP contribution in [-0.4, -0.2) is 10.7 Å². The van der Waals surface area contributed by atoms with E-state index in [4.69, 9.17) is 0 Å². The van der Waals surface area contributed by atoms with Crippen molar-refractivity contribution >= 4 is 22.5 Å². The fourth-order valence-electron chi connectivity index (χ4n) is 0.891. The second-order valence-electron chi connectivity index (χ2n) is 1.98. The topological polar surface area (TPSA) is 21.5 Å². The zero-order valence-electron chi connectivity index (χ0n) is 5.65. The van der Waals surface area contributed by atoms with Crippen LogP contribution in [0, 0.1) is 0 Å². The number of nitrogens with zero attached hydrogens (tertiary/aromatic N) is 1. The monoisotopic (exact) mass is 239 g/mol. The van der Waals surface area contributed by atoms with Crippen LogP contribution >= 0.6 is 11.3 Å². The predicted octanol–water partition coefficient (Wildman–Crippen LogP) is 1.46. The third-order valence-corrected chi connectivity index (χ3v) is 2.17. The summed E-state index contributed by atoms with van der Waals surface area (Å²) in [7, 11) is 0. The number of fused-ring (bicyclic) bond motifs is 1. The van der Waals surface area contributed by atoms with E-state index >= 15 is 0 Å². The molecule has 0 N–H and O–H groups in total. The number of rotatable bonds is 1. The average Bonchev–Trinajstić information content (AvgIpc) is 2.42. The van der Waals surface area contributed by atoms with E-state index in [0.717, 1.165) is 4.83 Å². The van der Waals surface area contributed by atoms with Gasteiger partial charge in [-0.3, -0.25) is 0 Å². The van der Waals surface area contributed by atoms with Crippen LogP contribution in [0.15, 0.2) is 23.8 Å². The van der Waals surface area contributed by atoms with Gasteiger partial charge in [0.2, 0.25) is 0 Å². The van der Waals surface area contributed by atoms with Crippen molar-refractivity contribution in [1.82, 2.24) is 4.40 Å². The molecular weight excluding hydrogens is 235 g/mol. The number of thiazole rings is 1. The molecule has 0 saturated carbocycles. The van der Waals surface area contributed by atoms with Crippen LogP contribution in [0.4, 0.5) is 0 Å². The average molecular weight is 239 g/mol. The molecule has 0 unspecified atom stereocenters. The summed E-state index contributed by atoms with van der Waals surface area (Å²) in [4.78, 5) is 11.2. The molecule has 2 aromatic heterocycles. The van der Waals surface area contributed by atoms with E-state index in [-0.39, 0.29) is 32.7 Å². The van der Waals surface area contributed by atoms with Crippen molar-refractivity contribution < 1.29 is 37.5 Å². The Bertz CT molecular complexity index is 337. The maximum Gasteiger partial charge on any atom is 0.0642 e. The molecule has 0 bridgehead atoms. The van der Waals surface area contributed by atoms with Crippen molar-refractivity contribution in [2.45, 2.75) is 0 Å². The second-order valence-corrected chi connectivity index (χ2v) is 2.91. The number of carbonyl (C=O) groups excluding carboxylic acids is 1. The molecule has 2 nitrogen and oxygen atoms in total. The van der Waals surface area contributed by atoms with E-state index in [9.17, 15) is 4.79 Å². The Kier molecular flexibility index (Phi) is 2.99. The Morgan fingerprint density at radius 3 is 3.00 bits per heavy atom. The van der Waals surface area contributed by atoms with Crippen LogP contribution in [0.5, 0.6) is 0 Å². The van der Waals surface area contributed by atoms with Gasteiger partial charge in [0.25, 0.3) is 0 Å². The first kappa shape index (κ1) is 9.10. The van der Waals surface area contributed by atoms with Crippen molar-refractivity contribution in [3.8, 4) is 0 Å². The van der Waals surface area contributed by atoms with Gasteiger partial charge in [-0.2, -0.15) is 0 Å². The Hall–Kier alpha value is 0.0139. The normalized spacial score (nSPS) is 9.45. The van der Waals surface area contributed by atoms with Gasteiger partial charge in [-0.15, -0.1) is 23.0 Å². The zero-order valence-corrected chi connectivity index (χ0v) is 9.31. The molecule has 4 heteroatoms. The minimum atomic E-state index is 0. The van der Waals surface area contributed by atoms with Gasteiger partial charge in [-0.05, 0) is 0 Å². The van der Waals surface area contributed by atoms with Gasteiger partial charge in [0, 0.05) is 49.1 Å². The summed E-state index contributed by atoms with van der Waals surface area (Å²) < 4.78 is 1.91. The molecule has 0 spiro atoms. The van der Waals surface area contributed by atoms with Crippen molar-refractivity contribution in [3.05, 3.63) is 29.4 Å². The first-order valence-electron chi connectivity index (χ1n) is 2.83. The van der Waals surface area contributed by atoms with Crippen molar-refractivity contribution in [2.24, 2.45) is 0 Å². The van der Waals surface area contributed by atoms with E-state index in [1.807, 2.05) is 28.3 Å². The molecule has 0 fully saturated rings. The molecule has 0 amide bonds. The minimum Gasteiger partial charge on any atom is -0.379 e. The molecule has 0 aliphatic rings. The van der Waals surface area contributed by atoms with E-state index in [1.165, 1.54) is 0 Å². The second kappa shape index (κ2) is 3.61. The molecule has 0 aliphatic heterocycles. The number of aromatic nitrogens is 1. The summed E-state index contributed by atoms with van der Waals surface area (Å²) in [5.74, 6) is 0. The Balaban J connectivity index is 0.000000605. The predicted molar refractivity (Wildman–Crippen MR) is 40.1 cm³/mol. The van der Waals surface area contributed by atoms with Gasteiger partial charge >= 0.3 is 0 Å². The molecule has 11 heavy (non-hydrogen) atoms. The zero-order chi connectivity index (χ0) is 6.97. The summed E-state index contributed by atoms with van der Waals surface area (Å²) >= 11 is 1.61. The fourth-order valence-corrected chi connectivity index (χ4v) is 1.65.